The maximum Gasteiger partial charge on any atom is 0.303 e. The number of rotatable bonds is 10. The topological polar surface area (TPSA) is 99.4 Å². The van der Waals surface area contributed by atoms with E-state index in [4.69, 9.17) is 42.8 Å². The number of ether oxygens (including phenoxy) is 2. The lowest BCUT2D eigenvalue weighted by molar-refractivity contribution is -0.138. The van der Waals surface area contributed by atoms with Gasteiger partial charge in [0.1, 0.15) is 23.5 Å². The van der Waals surface area contributed by atoms with Crippen molar-refractivity contribution in [2.24, 2.45) is 5.92 Å². The van der Waals surface area contributed by atoms with Crippen LogP contribution in [0.1, 0.15) is 38.7 Å². The number of nitrogens with zero attached hydrogens (tertiary/aromatic N) is 4. The van der Waals surface area contributed by atoms with Crippen LogP contribution in [-0.4, -0.2) is 42.8 Å². The van der Waals surface area contributed by atoms with Crippen LogP contribution in [0.4, 0.5) is 0 Å². The third kappa shape index (κ3) is 5.81. The largest absolute Gasteiger partial charge is 0.493 e. The van der Waals surface area contributed by atoms with Crippen molar-refractivity contribution in [3.05, 3.63) is 64.4 Å². The highest BCUT2D eigenvalue weighted by Crippen LogP contribution is 2.41. The molecule has 0 radical (unpaired) electrons. The molecule has 1 atom stereocenters. The minimum atomic E-state index is -0.856. The third-order valence-electron chi connectivity index (χ3n) is 6.26. The SMILES string of the molecule is CC(COc1ccc(-c2nc3c(OC4(C)CC4)ncnc3n2Cc2cccc(Cl)c2)c(Cl)c1)CC(=O)O. The Kier molecular flexibility index (Phi) is 6.96. The van der Waals surface area contributed by atoms with Gasteiger partial charge >= 0.3 is 5.97 Å². The minimum Gasteiger partial charge on any atom is -0.493 e. The Balaban J connectivity index is 1.53. The highest BCUT2D eigenvalue weighted by Gasteiger charge is 2.41. The molecule has 0 bridgehead atoms. The second-order valence-electron chi connectivity index (χ2n) is 9.71. The van der Waals surface area contributed by atoms with Crippen molar-refractivity contribution in [3.8, 4) is 23.0 Å². The summed E-state index contributed by atoms with van der Waals surface area (Å²) in [6.07, 6.45) is 3.45. The van der Waals surface area contributed by atoms with Crippen LogP contribution < -0.4 is 9.47 Å². The number of aliphatic carboxylic acids is 1. The Morgan fingerprint density at radius 1 is 1.19 bits per heavy atom. The lowest BCUT2D eigenvalue weighted by Gasteiger charge is -2.14. The van der Waals surface area contributed by atoms with Crippen molar-refractivity contribution in [2.45, 2.75) is 45.3 Å². The highest BCUT2D eigenvalue weighted by atomic mass is 35.5. The molecule has 1 unspecified atom stereocenters. The van der Waals surface area contributed by atoms with E-state index in [0.29, 0.717) is 50.8 Å². The number of aromatic nitrogens is 4. The van der Waals surface area contributed by atoms with Crippen molar-refractivity contribution >= 4 is 40.3 Å². The van der Waals surface area contributed by atoms with Gasteiger partial charge in [0.2, 0.25) is 5.88 Å². The lowest BCUT2D eigenvalue weighted by atomic mass is 10.1. The van der Waals surface area contributed by atoms with Crippen LogP contribution in [0, 0.1) is 5.92 Å². The summed E-state index contributed by atoms with van der Waals surface area (Å²) < 4.78 is 13.9. The fourth-order valence-electron chi connectivity index (χ4n) is 4.04. The Morgan fingerprint density at radius 2 is 2.00 bits per heavy atom. The molecular weight excluding hydrogens is 515 g/mol. The fraction of sp³-hybridized carbons (Fsp3) is 0.333. The second kappa shape index (κ2) is 10.2. The number of imidazole rings is 1. The van der Waals surface area contributed by atoms with E-state index >= 15 is 0 Å². The molecule has 4 aromatic rings. The van der Waals surface area contributed by atoms with Crippen LogP contribution >= 0.6 is 23.2 Å². The van der Waals surface area contributed by atoms with Gasteiger partial charge in [0.15, 0.2) is 11.2 Å². The number of benzene rings is 2. The van der Waals surface area contributed by atoms with Crippen molar-refractivity contribution in [1.82, 2.24) is 19.5 Å². The zero-order valence-corrected chi connectivity index (χ0v) is 22.0. The standard InChI is InChI=1S/C27H26Cl2N4O4/c1-16(10-22(34)35)14-36-19-6-7-20(21(29)12-19)24-32-23-25(30-15-31-26(23)37-27(2)8-9-27)33(24)13-17-4-3-5-18(28)11-17/h3-7,11-12,15-16H,8-10,13-14H2,1-2H3,(H,34,35). The maximum atomic E-state index is 10.9. The zero-order chi connectivity index (χ0) is 26.2. The Labute approximate surface area is 224 Å². The van der Waals surface area contributed by atoms with Gasteiger partial charge in [-0.2, -0.15) is 4.98 Å². The third-order valence-corrected chi connectivity index (χ3v) is 6.81. The number of hydrogen-bond donors (Lipinski definition) is 1. The van der Waals surface area contributed by atoms with Crippen LogP contribution in [0.25, 0.3) is 22.6 Å². The molecule has 1 saturated carbocycles. The fourth-order valence-corrected chi connectivity index (χ4v) is 4.51. The maximum absolute atomic E-state index is 10.9. The van der Waals surface area contributed by atoms with Gasteiger partial charge in [0.25, 0.3) is 0 Å². The molecule has 0 saturated heterocycles. The van der Waals surface area contributed by atoms with Crippen LogP contribution in [0.5, 0.6) is 11.6 Å². The average molecular weight is 541 g/mol. The van der Waals surface area contributed by atoms with Crippen LogP contribution in [0.15, 0.2) is 48.8 Å². The Morgan fingerprint density at radius 3 is 2.70 bits per heavy atom. The smallest absolute Gasteiger partial charge is 0.303 e. The molecule has 0 amide bonds. The van der Waals surface area contributed by atoms with E-state index in [1.807, 2.05) is 41.8 Å². The monoisotopic (exact) mass is 540 g/mol. The molecular formula is C27H26Cl2N4O4. The lowest BCUT2D eigenvalue weighted by Crippen LogP contribution is -2.13. The van der Waals surface area contributed by atoms with E-state index in [1.54, 1.807) is 12.1 Å². The normalized spacial score (nSPS) is 14.9. The molecule has 1 aliphatic rings. The first kappa shape index (κ1) is 25.3. The van der Waals surface area contributed by atoms with Crippen molar-refractivity contribution in [2.75, 3.05) is 6.61 Å². The van der Waals surface area contributed by atoms with Crippen molar-refractivity contribution in [1.29, 1.82) is 0 Å². The summed E-state index contributed by atoms with van der Waals surface area (Å²) in [4.78, 5) is 24.7. The zero-order valence-electron chi connectivity index (χ0n) is 20.4. The summed E-state index contributed by atoms with van der Waals surface area (Å²) in [6, 6.07) is 13.0. The van der Waals surface area contributed by atoms with E-state index in [1.165, 1.54) is 6.33 Å². The molecule has 8 nitrogen and oxygen atoms in total. The van der Waals surface area contributed by atoms with Gasteiger partial charge in [-0.15, -0.1) is 0 Å². The van der Waals surface area contributed by atoms with Gasteiger partial charge in [-0.05, 0) is 55.7 Å². The quantitative estimate of drug-likeness (QED) is 0.253. The first-order chi connectivity index (χ1) is 17.7. The van der Waals surface area contributed by atoms with Gasteiger partial charge in [0.05, 0.1) is 24.6 Å². The number of carbonyl (C=O) groups is 1. The number of halogens is 2. The number of hydrogen-bond acceptors (Lipinski definition) is 6. The molecule has 10 heteroatoms. The Bertz CT molecular complexity index is 1470. The number of carboxylic acids is 1. The molecule has 1 aliphatic carbocycles. The van der Waals surface area contributed by atoms with Gasteiger partial charge in [-0.25, -0.2) is 9.97 Å². The molecule has 2 aromatic heterocycles. The molecule has 1 fully saturated rings. The van der Waals surface area contributed by atoms with E-state index in [-0.39, 0.29) is 24.5 Å². The molecule has 37 heavy (non-hydrogen) atoms. The average Bonchev–Trinajstić information content (AvgIpc) is 3.46. The number of carboxylic acid groups (broad SMARTS) is 1. The van der Waals surface area contributed by atoms with E-state index < -0.39 is 5.97 Å². The summed E-state index contributed by atoms with van der Waals surface area (Å²) in [5.41, 5.74) is 2.63. The van der Waals surface area contributed by atoms with Crippen molar-refractivity contribution in [3.63, 3.8) is 0 Å². The molecule has 5 rings (SSSR count). The molecule has 0 spiro atoms. The van der Waals surface area contributed by atoms with Crippen LogP contribution in [0.2, 0.25) is 10.0 Å². The van der Waals surface area contributed by atoms with Crippen LogP contribution in [0.3, 0.4) is 0 Å². The number of fused-ring (bicyclic) bond motifs is 1. The molecule has 1 N–H and O–H groups in total. The van der Waals surface area contributed by atoms with E-state index in [9.17, 15) is 4.79 Å². The molecule has 2 aromatic carbocycles. The van der Waals surface area contributed by atoms with Crippen molar-refractivity contribution < 1.29 is 19.4 Å². The van der Waals surface area contributed by atoms with Gasteiger partial charge in [0, 0.05) is 16.5 Å². The highest BCUT2D eigenvalue weighted by molar-refractivity contribution is 6.33. The summed E-state index contributed by atoms with van der Waals surface area (Å²) >= 11 is 13.0. The van der Waals surface area contributed by atoms with Gasteiger partial charge in [-0.3, -0.25) is 4.79 Å². The summed E-state index contributed by atoms with van der Waals surface area (Å²) in [6.45, 7) is 4.61. The molecule has 192 valence electrons. The van der Waals surface area contributed by atoms with Crippen LogP contribution in [-0.2, 0) is 11.3 Å². The second-order valence-corrected chi connectivity index (χ2v) is 10.6. The Hall–Kier alpha value is -3.36. The first-order valence-corrected chi connectivity index (χ1v) is 12.8. The predicted octanol–water partition coefficient (Wildman–Crippen LogP) is 6.27. The predicted molar refractivity (Wildman–Crippen MR) is 142 cm³/mol. The first-order valence-electron chi connectivity index (χ1n) is 12.0. The van der Waals surface area contributed by atoms with Gasteiger partial charge < -0.3 is 19.1 Å². The van der Waals surface area contributed by atoms with E-state index in [2.05, 4.69) is 16.9 Å². The molecule has 2 heterocycles. The summed E-state index contributed by atoms with van der Waals surface area (Å²) in [5.74, 6) is 0.610. The molecule has 0 aliphatic heterocycles. The summed E-state index contributed by atoms with van der Waals surface area (Å²) in [7, 11) is 0. The van der Waals surface area contributed by atoms with Gasteiger partial charge in [-0.1, -0.05) is 42.3 Å². The summed E-state index contributed by atoms with van der Waals surface area (Å²) in [5, 5.41) is 10.0. The van der Waals surface area contributed by atoms with E-state index in [0.717, 1.165) is 18.4 Å². The minimum absolute atomic E-state index is 0.0316.